The Morgan fingerprint density at radius 3 is 2.85 bits per heavy atom. The van der Waals surface area contributed by atoms with Crippen LogP contribution in [-0.4, -0.2) is 43.5 Å². The fraction of sp³-hybridized carbons (Fsp3) is 0.615. The minimum atomic E-state index is -0.898. The highest BCUT2D eigenvalue weighted by atomic mass is 16.5. The van der Waals surface area contributed by atoms with Crippen LogP contribution in [0.25, 0.3) is 0 Å². The van der Waals surface area contributed by atoms with Gasteiger partial charge in [0.15, 0.2) is 0 Å². The number of rotatable bonds is 6. The van der Waals surface area contributed by atoms with Crippen LogP contribution in [0.4, 0.5) is 0 Å². The zero-order valence-electron chi connectivity index (χ0n) is 11.3. The SMILES string of the molecule is C#CCC(N)C(=O)NC(CC1CCNC1=O)C(=O)OC. The Hall–Kier alpha value is -2.07. The number of esters is 1. The molecule has 2 amide bonds. The molecule has 0 spiro atoms. The normalized spacial score (nSPS) is 20.4. The smallest absolute Gasteiger partial charge is 0.328 e. The van der Waals surface area contributed by atoms with Crippen molar-refractivity contribution in [2.75, 3.05) is 13.7 Å². The van der Waals surface area contributed by atoms with Gasteiger partial charge in [0.1, 0.15) is 6.04 Å². The molecule has 1 rings (SSSR count). The average molecular weight is 281 g/mol. The van der Waals surface area contributed by atoms with Gasteiger partial charge in [-0.05, 0) is 12.8 Å². The molecule has 0 aromatic carbocycles. The third-order valence-electron chi connectivity index (χ3n) is 3.16. The minimum Gasteiger partial charge on any atom is -0.467 e. The number of carbonyl (C=O) groups is 3. The zero-order valence-corrected chi connectivity index (χ0v) is 11.3. The van der Waals surface area contributed by atoms with Gasteiger partial charge in [-0.3, -0.25) is 9.59 Å². The molecule has 4 N–H and O–H groups in total. The van der Waals surface area contributed by atoms with E-state index >= 15 is 0 Å². The van der Waals surface area contributed by atoms with E-state index in [0.717, 1.165) is 0 Å². The molecule has 1 saturated heterocycles. The van der Waals surface area contributed by atoms with Crippen LogP contribution < -0.4 is 16.4 Å². The topological polar surface area (TPSA) is 111 Å². The fourth-order valence-corrected chi connectivity index (χ4v) is 2.01. The predicted octanol–water partition coefficient (Wildman–Crippen LogP) is -1.48. The van der Waals surface area contributed by atoms with E-state index in [4.69, 9.17) is 12.2 Å². The van der Waals surface area contributed by atoms with Crippen LogP contribution in [0.15, 0.2) is 0 Å². The van der Waals surface area contributed by atoms with Crippen LogP contribution in [-0.2, 0) is 19.1 Å². The lowest BCUT2D eigenvalue weighted by atomic mass is 9.98. The van der Waals surface area contributed by atoms with Crippen LogP contribution in [0.1, 0.15) is 19.3 Å². The van der Waals surface area contributed by atoms with Gasteiger partial charge in [0.05, 0.1) is 13.2 Å². The second-order valence-corrected chi connectivity index (χ2v) is 4.61. The van der Waals surface area contributed by atoms with Crippen LogP contribution in [0.3, 0.4) is 0 Å². The van der Waals surface area contributed by atoms with Crippen molar-refractivity contribution in [3.05, 3.63) is 0 Å². The third kappa shape index (κ3) is 4.24. The summed E-state index contributed by atoms with van der Waals surface area (Å²) in [5.74, 6) is 0.702. The summed E-state index contributed by atoms with van der Waals surface area (Å²) in [6.45, 7) is 0.571. The molecule has 1 aliphatic rings. The standard InChI is InChI=1S/C13H19N3O4/c1-3-4-9(14)12(18)16-10(13(19)20-2)7-8-5-6-15-11(8)17/h1,8-10H,4-7,14H2,2H3,(H,15,17)(H,16,18). The summed E-state index contributed by atoms with van der Waals surface area (Å²) >= 11 is 0. The van der Waals surface area contributed by atoms with Gasteiger partial charge in [0, 0.05) is 18.9 Å². The van der Waals surface area contributed by atoms with E-state index < -0.39 is 24.0 Å². The van der Waals surface area contributed by atoms with E-state index in [2.05, 4.69) is 21.3 Å². The molecule has 7 nitrogen and oxygen atoms in total. The van der Waals surface area contributed by atoms with E-state index in [0.29, 0.717) is 13.0 Å². The molecule has 110 valence electrons. The van der Waals surface area contributed by atoms with Crippen LogP contribution in [0.2, 0.25) is 0 Å². The number of methoxy groups -OCH3 is 1. The van der Waals surface area contributed by atoms with Gasteiger partial charge in [-0.2, -0.15) is 0 Å². The Kier molecular flexibility index (Phi) is 6.00. The molecule has 0 aliphatic carbocycles. The van der Waals surface area contributed by atoms with Crippen LogP contribution >= 0.6 is 0 Å². The van der Waals surface area contributed by atoms with Crippen LogP contribution in [0.5, 0.6) is 0 Å². The summed E-state index contributed by atoms with van der Waals surface area (Å²) < 4.78 is 4.63. The minimum absolute atomic E-state index is 0.0731. The van der Waals surface area contributed by atoms with E-state index in [1.165, 1.54) is 7.11 Å². The van der Waals surface area contributed by atoms with Crippen molar-refractivity contribution in [1.82, 2.24) is 10.6 Å². The lowest BCUT2D eigenvalue weighted by Crippen LogP contribution is -2.49. The largest absolute Gasteiger partial charge is 0.467 e. The molecule has 0 aromatic heterocycles. The van der Waals surface area contributed by atoms with E-state index in [1.807, 2.05) is 0 Å². The Morgan fingerprint density at radius 1 is 1.65 bits per heavy atom. The van der Waals surface area contributed by atoms with E-state index in [1.54, 1.807) is 0 Å². The highest BCUT2D eigenvalue weighted by Crippen LogP contribution is 2.16. The second kappa shape index (κ2) is 7.50. The van der Waals surface area contributed by atoms with Crippen molar-refractivity contribution < 1.29 is 19.1 Å². The molecule has 0 aromatic rings. The van der Waals surface area contributed by atoms with Gasteiger partial charge in [0.25, 0.3) is 0 Å². The molecule has 0 radical (unpaired) electrons. The predicted molar refractivity (Wildman–Crippen MR) is 71.1 cm³/mol. The highest BCUT2D eigenvalue weighted by molar-refractivity contribution is 5.88. The van der Waals surface area contributed by atoms with Gasteiger partial charge in [-0.15, -0.1) is 12.3 Å². The molecule has 0 bridgehead atoms. The summed E-state index contributed by atoms with van der Waals surface area (Å²) in [7, 11) is 1.22. The molecule has 7 heteroatoms. The van der Waals surface area contributed by atoms with Crippen molar-refractivity contribution in [3.8, 4) is 12.3 Å². The summed E-state index contributed by atoms with van der Waals surface area (Å²) in [5.41, 5.74) is 5.57. The fourth-order valence-electron chi connectivity index (χ4n) is 2.01. The third-order valence-corrected chi connectivity index (χ3v) is 3.16. The van der Waals surface area contributed by atoms with Gasteiger partial charge >= 0.3 is 5.97 Å². The number of nitrogens with two attached hydrogens (primary N) is 1. The maximum atomic E-state index is 11.8. The maximum Gasteiger partial charge on any atom is 0.328 e. The van der Waals surface area contributed by atoms with Gasteiger partial charge in [-0.1, -0.05) is 0 Å². The van der Waals surface area contributed by atoms with Gasteiger partial charge < -0.3 is 21.1 Å². The van der Waals surface area contributed by atoms with Crippen molar-refractivity contribution in [2.45, 2.75) is 31.3 Å². The number of amides is 2. The Bertz CT molecular complexity index is 430. The van der Waals surface area contributed by atoms with Crippen molar-refractivity contribution >= 4 is 17.8 Å². The number of ether oxygens (including phenoxy) is 1. The molecule has 1 heterocycles. The first kappa shape index (κ1) is 16.0. The van der Waals surface area contributed by atoms with Crippen LogP contribution in [0, 0.1) is 18.3 Å². The van der Waals surface area contributed by atoms with Crippen molar-refractivity contribution in [3.63, 3.8) is 0 Å². The number of nitrogens with one attached hydrogen (secondary N) is 2. The van der Waals surface area contributed by atoms with Gasteiger partial charge in [-0.25, -0.2) is 4.79 Å². The van der Waals surface area contributed by atoms with Gasteiger partial charge in [0.2, 0.25) is 11.8 Å². The van der Waals surface area contributed by atoms with E-state index in [9.17, 15) is 14.4 Å². The first-order chi connectivity index (χ1) is 9.49. The van der Waals surface area contributed by atoms with Crippen molar-refractivity contribution in [2.24, 2.45) is 11.7 Å². The Morgan fingerprint density at radius 2 is 2.35 bits per heavy atom. The molecule has 1 aliphatic heterocycles. The summed E-state index contributed by atoms with van der Waals surface area (Å²) in [6.07, 6.45) is 5.96. The summed E-state index contributed by atoms with van der Waals surface area (Å²) in [6, 6.07) is -1.78. The maximum absolute atomic E-state index is 11.8. The lowest BCUT2D eigenvalue weighted by Gasteiger charge is -2.20. The number of terminal acetylenes is 1. The Balaban J connectivity index is 2.65. The first-order valence-corrected chi connectivity index (χ1v) is 6.34. The monoisotopic (exact) mass is 281 g/mol. The second-order valence-electron chi connectivity index (χ2n) is 4.61. The zero-order chi connectivity index (χ0) is 15.1. The molecular weight excluding hydrogens is 262 g/mol. The molecule has 3 unspecified atom stereocenters. The highest BCUT2D eigenvalue weighted by Gasteiger charge is 2.32. The number of hydrogen-bond acceptors (Lipinski definition) is 5. The Labute approximate surface area is 117 Å². The first-order valence-electron chi connectivity index (χ1n) is 6.34. The molecular formula is C13H19N3O4. The van der Waals surface area contributed by atoms with E-state index in [-0.39, 0.29) is 24.7 Å². The summed E-state index contributed by atoms with van der Waals surface area (Å²) in [4.78, 5) is 35.0. The number of carbonyl (C=O) groups excluding carboxylic acids is 3. The average Bonchev–Trinajstić information content (AvgIpc) is 2.82. The quantitative estimate of drug-likeness (QED) is 0.406. The molecule has 1 fully saturated rings. The molecule has 3 atom stereocenters. The lowest BCUT2D eigenvalue weighted by molar-refractivity contribution is -0.146. The summed E-state index contributed by atoms with van der Waals surface area (Å²) in [5, 5.41) is 5.16. The number of hydrogen-bond donors (Lipinski definition) is 3. The molecule has 20 heavy (non-hydrogen) atoms. The molecule has 0 saturated carbocycles. The van der Waals surface area contributed by atoms with Crippen molar-refractivity contribution in [1.29, 1.82) is 0 Å².